The van der Waals surface area contributed by atoms with E-state index in [9.17, 15) is 19.5 Å². The van der Waals surface area contributed by atoms with Crippen LogP contribution in [-0.4, -0.2) is 67.8 Å². The molecule has 9 heteroatoms. The van der Waals surface area contributed by atoms with Gasteiger partial charge in [-0.3, -0.25) is 14.4 Å². The molecule has 1 spiro atoms. The number of halogens is 1. The summed E-state index contributed by atoms with van der Waals surface area (Å²) in [6.45, 7) is 4.61. The first-order valence-corrected chi connectivity index (χ1v) is 13.5. The summed E-state index contributed by atoms with van der Waals surface area (Å²) in [5, 5.41) is 16.0. The lowest BCUT2D eigenvalue weighted by molar-refractivity contribution is -0.142. The van der Waals surface area contributed by atoms with Crippen molar-refractivity contribution in [2.45, 2.75) is 66.6 Å². The highest BCUT2D eigenvalue weighted by Gasteiger charge is 2.76. The number of nitrogens with zero attached hydrogens (tertiary/aromatic N) is 1. The molecular formula is C24H32BrN3O4S. The fourth-order valence-corrected chi connectivity index (χ4v) is 9.32. The average Bonchev–Trinajstić information content (AvgIpc) is 3.41. The zero-order valence-corrected chi connectivity index (χ0v) is 21.4. The molecular weight excluding hydrogens is 506 g/mol. The first-order valence-electron chi connectivity index (χ1n) is 11.7. The number of hydrogen-bond donors (Lipinski definition) is 3. The Morgan fingerprint density at radius 2 is 1.97 bits per heavy atom. The number of aliphatic hydroxyl groups is 1. The van der Waals surface area contributed by atoms with Gasteiger partial charge in [-0.1, -0.05) is 60.1 Å². The summed E-state index contributed by atoms with van der Waals surface area (Å²) >= 11 is 5.37. The molecule has 3 amide bonds. The van der Waals surface area contributed by atoms with E-state index >= 15 is 0 Å². The highest BCUT2D eigenvalue weighted by Crippen LogP contribution is 2.67. The molecule has 3 aliphatic rings. The molecule has 33 heavy (non-hydrogen) atoms. The highest BCUT2D eigenvalue weighted by molar-refractivity contribution is 9.09. The van der Waals surface area contributed by atoms with E-state index in [4.69, 9.17) is 0 Å². The van der Waals surface area contributed by atoms with E-state index in [1.54, 1.807) is 16.7 Å². The van der Waals surface area contributed by atoms with E-state index in [2.05, 4.69) is 26.6 Å². The number of carbonyl (C=O) groups excluding carboxylic acids is 3. The van der Waals surface area contributed by atoms with Gasteiger partial charge in [0.15, 0.2) is 0 Å². The predicted molar refractivity (Wildman–Crippen MR) is 132 cm³/mol. The van der Waals surface area contributed by atoms with Crippen LogP contribution >= 0.6 is 27.7 Å². The third-order valence-electron chi connectivity index (χ3n) is 7.21. The Hall–Kier alpha value is -1.58. The molecule has 0 saturated carbocycles. The van der Waals surface area contributed by atoms with Crippen LogP contribution in [0, 0.1) is 11.8 Å². The van der Waals surface area contributed by atoms with Gasteiger partial charge in [-0.05, 0) is 24.8 Å². The first-order chi connectivity index (χ1) is 15.9. The van der Waals surface area contributed by atoms with Crippen molar-refractivity contribution >= 4 is 45.4 Å². The molecule has 0 radical (unpaired) electrons. The number of thioether (sulfide) groups is 1. The summed E-state index contributed by atoms with van der Waals surface area (Å²) in [5.74, 6) is -1.56. The Balaban J connectivity index is 1.68. The third kappa shape index (κ3) is 4.10. The van der Waals surface area contributed by atoms with Crippen molar-refractivity contribution in [3.05, 3.63) is 35.9 Å². The van der Waals surface area contributed by atoms with Crippen LogP contribution in [0.3, 0.4) is 0 Å². The summed E-state index contributed by atoms with van der Waals surface area (Å²) in [4.78, 5) is 42.3. The maximum atomic E-state index is 13.8. The molecule has 4 rings (SSSR count). The van der Waals surface area contributed by atoms with Gasteiger partial charge < -0.3 is 20.6 Å². The van der Waals surface area contributed by atoms with Gasteiger partial charge in [0.1, 0.15) is 6.04 Å². The Kier molecular flexibility index (Phi) is 7.41. The molecule has 3 saturated heterocycles. The van der Waals surface area contributed by atoms with Crippen molar-refractivity contribution in [3.63, 3.8) is 0 Å². The Morgan fingerprint density at radius 1 is 1.24 bits per heavy atom. The maximum absolute atomic E-state index is 13.8. The standard InChI is InChI=1S/C24H32BrN3O4S/c1-3-10-26-21(30)17-18-23(32)28(15(4-2)13-29)20(24(18)11-16(25)19(17)33-24)22(31)27-12-14-8-6-5-7-9-14/h5-9,15-20,29H,3-4,10-13H2,1-2H3,(H,26,30)(H,27,31)/t15-,16?,17+,18-,19+,20?,24?/m0/s1. The molecule has 2 bridgehead atoms. The molecule has 1 aromatic carbocycles. The molecule has 1 aromatic rings. The van der Waals surface area contributed by atoms with Crippen LogP contribution in [0.2, 0.25) is 0 Å². The molecule has 0 aliphatic carbocycles. The topological polar surface area (TPSA) is 98.7 Å². The molecule has 3 unspecified atom stereocenters. The number of alkyl halides is 1. The average molecular weight is 539 g/mol. The van der Waals surface area contributed by atoms with Crippen molar-refractivity contribution in [2.24, 2.45) is 11.8 Å². The minimum Gasteiger partial charge on any atom is -0.394 e. The number of hydrogen-bond acceptors (Lipinski definition) is 5. The van der Waals surface area contributed by atoms with Crippen molar-refractivity contribution in [1.29, 1.82) is 0 Å². The maximum Gasteiger partial charge on any atom is 0.244 e. The SMILES string of the molecule is CCCNC(=O)[C@H]1[C@@H]2SC3(CC2Br)C(C(=O)NCc2ccccc2)N([C@@H](CC)CO)C(=O)[C@H]13. The third-order valence-corrected chi connectivity index (χ3v) is 10.4. The second-order valence-electron chi connectivity index (χ2n) is 9.15. The quantitative estimate of drug-likeness (QED) is 0.419. The summed E-state index contributed by atoms with van der Waals surface area (Å²) < 4.78 is -0.687. The molecule has 0 aromatic heterocycles. The molecule has 7 nitrogen and oxygen atoms in total. The normalized spacial score (nSPS) is 33.2. The van der Waals surface area contributed by atoms with Crippen molar-refractivity contribution < 1.29 is 19.5 Å². The molecule has 3 N–H and O–H groups in total. The van der Waals surface area contributed by atoms with Gasteiger partial charge in [0.25, 0.3) is 0 Å². The van der Waals surface area contributed by atoms with Crippen LogP contribution in [0.1, 0.15) is 38.7 Å². The van der Waals surface area contributed by atoms with Crippen molar-refractivity contribution in [1.82, 2.24) is 15.5 Å². The van der Waals surface area contributed by atoms with Gasteiger partial charge in [0.05, 0.1) is 29.2 Å². The van der Waals surface area contributed by atoms with E-state index in [1.165, 1.54) is 0 Å². The summed E-state index contributed by atoms with van der Waals surface area (Å²) in [5.41, 5.74) is 0.975. The Morgan fingerprint density at radius 3 is 2.61 bits per heavy atom. The number of fused-ring (bicyclic) bond motifs is 1. The second-order valence-corrected chi connectivity index (χ2v) is 11.9. The molecule has 7 atom stereocenters. The van der Waals surface area contributed by atoms with Crippen molar-refractivity contribution in [3.8, 4) is 0 Å². The van der Waals surface area contributed by atoms with Gasteiger partial charge in [-0.25, -0.2) is 0 Å². The van der Waals surface area contributed by atoms with Crippen LogP contribution in [0.4, 0.5) is 0 Å². The number of aliphatic hydroxyl groups excluding tert-OH is 1. The van der Waals surface area contributed by atoms with Crippen LogP contribution < -0.4 is 10.6 Å². The van der Waals surface area contributed by atoms with Gasteiger partial charge >= 0.3 is 0 Å². The monoisotopic (exact) mass is 537 g/mol. The lowest BCUT2D eigenvalue weighted by Crippen LogP contribution is -2.56. The van der Waals surface area contributed by atoms with E-state index in [0.29, 0.717) is 25.9 Å². The van der Waals surface area contributed by atoms with Crippen LogP contribution in [-0.2, 0) is 20.9 Å². The van der Waals surface area contributed by atoms with Crippen molar-refractivity contribution in [2.75, 3.05) is 13.2 Å². The number of amides is 3. The summed E-state index contributed by atoms with van der Waals surface area (Å²) in [6, 6.07) is 8.47. The molecule has 180 valence electrons. The molecule has 3 aliphatic heterocycles. The summed E-state index contributed by atoms with van der Waals surface area (Å²) in [7, 11) is 0. The van der Waals surface area contributed by atoms with Gasteiger partial charge in [0, 0.05) is 23.2 Å². The minimum atomic E-state index is -0.727. The number of benzene rings is 1. The number of likely N-dealkylation sites (tertiary alicyclic amines) is 1. The highest BCUT2D eigenvalue weighted by atomic mass is 79.9. The van der Waals surface area contributed by atoms with Gasteiger partial charge in [-0.2, -0.15) is 0 Å². The van der Waals surface area contributed by atoms with Gasteiger partial charge in [0.2, 0.25) is 17.7 Å². The Bertz CT molecular complexity index is 899. The van der Waals surface area contributed by atoms with E-state index in [0.717, 1.165) is 12.0 Å². The second kappa shape index (κ2) is 9.96. The largest absolute Gasteiger partial charge is 0.394 e. The predicted octanol–water partition coefficient (Wildman–Crippen LogP) is 2.06. The van der Waals surface area contributed by atoms with E-state index < -0.39 is 28.7 Å². The number of carbonyl (C=O) groups is 3. The first kappa shape index (κ1) is 24.5. The summed E-state index contributed by atoms with van der Waals surface area (Å²) in [6.07, 6.45) is 1.99. The zero-order chi connectivity index (χ0) is 23.8. The zero-order valence-electron chi connectivity index (χ0n) is 19.0. The molecule has 3 fully saturated rings. The van der Waals surface area contributed by atoms with Crippen LogP contribution in [0.25, 0.3) is 0 Å². The smallest absolute Gasteiger partial charge is 0.244 e. The van der Waals surface area contributed by atoms with Crippen LogP contribution in [0.15, 0.2) is 30.3 Å². The molecule has 3 heterocycles. The fraction of sp³-hybridized carbons (Fsp3) is 0.625. The number of rotatable bonds is 9. The number of nitrogens with one attached hydrogen (secondary N) is 2. The Labute approximate surface area is 207 Å². The minimum absolute atomic E-state index is 0.0440. The van der Waals surface area contributed by atoms with E-state index in [1.807, 2.05) is 44.2 Å². The lowest BCUT2D eigenvalue weighted by Gasteiger charge is -2.37. The fourth-order valence-electron chi connectivity index (χ4n) is 5.72. The van der Waals surface area contributed by atoms with Gasteiger partial charge in [-0.15, -0.1) is 11.8 Å². The van der Waals surface area contributed by atoms with E-state index in [-0.39, 0.29) is 34.4 Å². The van der Waals surface area contributed by atoms with Crippen LogP contribution in [0.5, 0.6) is 0 Å². The lowest BCUT2D eigenvalue weighted by atomic mass is 9.70.